The Bertz CT molecular complexity index is 799. The third kappa shape index (κ3) is 3.07. The van der Waals surface area contributed by atoms with Crippen LogP contribution in [0.2, 0.25) is 0 Å². The van der Waals surface area contributed by atoms with Gasteiger partial charge >= 0.3 is 0 Å². The lowest BCUT2D eigenvalue weighted by atomic mass is 9.96. The molecule has 1 saturated heterocycles. The number of nitro benzene ring substituents is 1. The Morgan fingerprint density at radius 2 is 2.00 bits per heavy atom. The molecule has 0 aliphatic carbocycles. The summed E-state index contributed by atoms with van der Waals surface area (Å²) in [6.07, 6.45) is 6.97. The number of hydrogen-bond acceptors (Lipinski definition) is 5. The molecule has 3 heterocycles. The first-order valence-corrected chi connectivity index (χ1v) is 9.46. The van der Waals surface area contributed by atoms with Crippen LogP contribution in [0.3, 0.4) is 0 Å². The van der Waals surface area contributed by atoms with Crippen LogP contribution in [0.4, 0.5) is 11.5 Å². The van der Waals surface area contributed by atoms with Crippen LogP contribution in [0.15, 0.2) is 24.3 Å². The van der Waals surface area contributed by atoms with Crippen molar-refractivity contribution in [2.45, 2.75) is 44.6 Å². The van der Waals surface area contributed by atoms with Crippen LogP contribution in [0.25, 0.3) is 5.69 Å². The first-order chi connectivity index (χ1) is 12.6. The van der Waals surface area contributed by atoms with Crippen molar-refractivity contribution in [2.24, 2.45) is 0 Å². The molecular formula is C19H25N5O2. The van der Waals surface area contributed by atoms with Gasteiger partial charge in [0.05, 0.1) is 22.3 Å². The number of fused-ring (bicyclic) bond motifs is 1. The number of hydrogen-bond donors (Lipinski definition) is 1. The highest BCUT2D eigenvalue weighted by Crippen LogP contribution is 2.37. The molecular weight excluding hydrogens is 330 g/mol. The molecule has 1 unspecified atom stereocenters. The molecule has 1 atom stereocenters. The number of likely N-dealkylation sites (tertiary alicyclic amines) is 1. The van der Waals surface area contributed by atoms with Crippen molar-refractivity contribution in [3.63, 3.8) is 0 Å². The van der Waals surface area contributed by atoms with E-state index in [9.17, 15) is 10.1 Å². The summed E-state index contributed by atoms with van der Waals surface area (Å²) in [4.78, 5) is 13.0. The summed E-state index contributed by atoms with van der Waals surface area (Å²) in [5, 5.41) is 19.5. The highest BCUT2D eigenvalue weighted by atomic mass is 16.6. The van der Waals surface area contributed by atoms with Crippen LogP contribution in [0, 0.1) is 10.1 Å². The van der Waals surface area contributed by atoms with Gasteiger partial charge in [-0.25, -0.2) is 4.68 Å². The number of aromatic nitrogens is 2. The number of benzene rings is 1. The minimum atomic E-state index is -0.367. The maximum Gasteiger partial charge on any atom is 0.269 e. The predicted molar refractivity (Wildman–Crippen MR) is 101 cm³/mol. The Hall–Kier alpha value is -2.41. The zero-order valence-electron chi connectivity index (χ0n) is 15.1. The van der Waals surface area contributed by atoms with Crippen molar-refractivity contribution in [1.29, 1.82) is 0 Å². The molecule has 0 bridgehead atoms. The van der Waals surface area contributed by atoms with Crippen LogP contribution in [-0.2, 0) is 6.42 Å². The van der Waals surface area contributed by atoms with Gasteiger partial charge < -0.3 is 5.32 Å². The molecule has 1 fully saturated rings. The molecule has 4 rings (SSSR count). The van der Waals surface area contributed by atoms with Gasteiger partial charge in [0.25, 0.3) is 5.69 Å². The highest BCUT2D eigenvalue weighted by Gasteiger charge is 2.29. The average molecular weight is 355 g/mol. The fourth-order valence-electron chi connectivity index (χ4n) is 4.12. The zero-order chi connectivity index (χ0) is 18.1. The standard InChI is InChI=1S/C19H25N5O2/c1-22-13-5-3-7-17(22)18-16-6-2-4-12-20-19(16)23(21-18)14-8-10-15(11-9-14)24(25)26/h8-11,17,20H,2-7,12-13H2,1H3. The van der Waals surface area contributed by atoms with Gasteiger partial charge in [-0.3, -0.25) is 15.0 Å². The largest absolute Gasteiger partial charge is 0.370 e. The molecule has 2 aromatic rings. The number of anilines is 1. The third-order valence-corrected chi connectivity index (χ3v) is 5.55. The Balaban J connectivity index is 1.78. The van der Waals surface area contributed by atoms with Crippen molar-refractivity contribution in [1.82, 2.24) is 14.7 Å². The lowest BCUT2D eigenvalue weighted by Crippen LogP contribution is -2.30. The van der Waals surface area contributed by atoms with E-state index in [4.69, 9.17) is 5.10 Å². The van der Waals surface area contributed by atoms with E-state index >= 15 is 0 Å². The molecule has 2 aliphatic rings. The molecule has 1 aromatic heterocycles. The van der Waals surface area contributed by atoms with E-state index in [-0.39, 0.29) is 10.6 Å². The van der Waals surface area contributed by atoms with Crippen LogP contribution in [0.1, 0.15) is 49.4 Å². The van der Waals surface area contributed by atoms with Crippen LogP contribution < -0.4 is 5.32 Å². The smallest absolute Gasteiger partial charge is 0.269 e. The molecule has 26 heavy (non-hydrogen) atoms. The number of nitro groups is 1. The number of rotatable bonds is 3. The lowest BCUT2D eigenvalue weighted by Gasteiger charge is -2.31. The third-order valence-electron chi connectivity index (χ3n) is 5.55. The van der Waals surface area contributed by atoms with E-state index in [1.54, 1.807) is 24.3 Å². The monoisotopic (exact) mass is 355 g/mol. The lowest BCUT2D eigenvalue weighted by molar-refractivity contribution is -0.384. The molecule has 1 aromatic carbocycles. The van der Waals surface area contributed by atoms with Crippen LogP contribution >= 0.6 is 0 Å². The number of piperidine rings is 1. The normalized spacial score (nSPS) is 20.9. The maximum absolute atomic E-state index is 10.9. The molecule has 0 radical (unpaired) electrons. The summed E-state index contributed by atoms with van der Waals surface area (Å²) in [7, 11) is 2.19. The minimum Gasteiger partial charge on any atom is -0.370 e. The van der Waals surface area contributed by atoms with Gasteiger partial charge in [-0.2, -0.15) is 5.10 Å². The molecule has 7 heteroatoms. The Labute approximate surface area is 153 Å². The van der Waals surface area contributed by atoms with E-state index in [1.807, 2.05) is 4.68 Å². The Kier molecular flexibility index (Phi) is 4.63. The Morgan fingerprint density at radius 3 is 2.73 bits per heavy atom. The van der Waals surface area contributed by atoms with E-state index in [0.717, 1.165) is 50.3 Å². The van der Waals surface area contributed by atoms with Crippen LogP contribution in [0.5, 0.6) is 0 Å². The van der Waals surface area contributed by atoms with Crippen molar-refractivity contribution in [2.75, 3.05) is 25.5 Å². The Morgan fingerprint density at radius 1 is 1.19 bits per heavy atom. The van der Waals surface area contributed by atoms with Gasteiger partial charge in [-0.05, 0) is 57.8 Å². The van der Waals surface area contributed by atoms with E-state index in [1.165, 1.54) is 24.1 Å². The predicted octanol–water partition coefficient (Wildman–Crippen LogP) is 3.69. The quantitative estimate of drug-likeness (QED) is 0.671. The molecule has 138 valence electrons. The molecule has 0 amide bonds. The van der Waals surface area contributed by atoms with Gasteiger partial charge in [-0.1, -0.05) is 6.42 Å². The fraction of sp³-hybridized carbons (Fsp3) is 0.526. The summed E-state index contributed by atoms with van der Waals surface area (Å²) in [5.41, 5.74) is 3.47. The first kappa shape index (κ1) is 17.0. The van der Waals surface area contributed by atoms with E-state index in [0.29, 0.717) is 6.04 Å². The summed E-state index contributed by atoms with van der Waals surface area (Å²) < 4.78 is 1.95. The van der Waals surface area contributed by atoms with Gasteiger partial charge in [0.15, 0.2) is 0 Å². The van der Waals surface area contributed by atoms with Crippen molar-refractivity contribution >= 4 is 11.5 Å². The second-order valence-electron chi connectivity index (χ2n) is 7.27. The average Bonchev–Trinajstić information content (AvgIpc) is 2.83. The van der Waals surface area contributed by atoms with Gasteiger partial charge in [-0.15, -0.1) is 0 Å². The second kappa shape index (κ2) is 7.07. The molecule has 2 aliphatic heterocycles. The number of nitrogens with one attached hydrogen (secondary N) is 1. The summed E-state index contributed by atoms with van der Waals surface area (Å²) >= 11 is 0. The summed E-state index contributed by atoms with van der Waals surface area (Å²) in [5.74, 6) is 1.06. The van der Waals surface area contributed by atoms with E-state index < -0.39 is 0 Å². The van der Waals surface area contributed by atoms with E-state index in [2.05, 4.69) is 17.3 Å². The summed E-state index contributed by atoms with van der Waals surface area (Å²) in [6, 6.07) is 7.02. The minimum absolute atomic E-state index is 0.104. The highest BCUT2D eigenvalue weighted by molar-refractivity contribution is 5.56. The van der Waals surface area contributed by atoms with Gasteiger partial charge in [0, 0.05) is 24.2 Å². The van der Waals surface area contributed by atoms with Crippen molar-refractivity contribution in [3.8, 4) is 5.69 Å². The molecule has 1 N–H and O–H groups in total. The first-order valence-electron chi connectivity index (χ1n) is 9.46. The van der Waals surface area contributed by atoms with Gasteiger partial charge in [0.1, 0.15) is 5.82 Å². The number of nitrogens with zero attached hydrogens (tertiary/aromatic N) is 4. The number of non-ortho nitro benzene ring substituents is 1. The molecule has 0 saturated carbocycles. The van der Waals surface area contributed by atoms with Crippen LogP contribution in [-0.4, -0.2) is 39.7 Å². The maximum atomic E-state index is 10.9. The molecule has 7 nitrogen and oxygen atoms in total. The van der Waals surface area contributed by atoms with Crippen molar-refractivity contribution < 1.29 is 4.92 Å². The van der Waals surface area contributed by atoms with Gasteiger partial charge in [0.2, 0.25) is 0 Å². The molecule has 0 spiro atoms. The summed E-state index contributed by atoms with van der Waals surface area (Å²) in [6.45, 7) is 2.04. The topological polar surface area (TPSA) is 76.2 Å². The SMILES string of the molecule is CN1CCCCC1c1nn(-c2ccc([N+](=O)[O-])cc2)c2c1CCCCN2. The van der Waals surface area contributed by atoms with Crippen molar-refractivity contribution in [3.05, 3.63) is 45.6 Å². The second-order valence-corrected chi connectivity index (χ2v) is 7.27. The zero-order valence-corrected chi connectivity index (χ0v) is 15.1. The fourth-order valence-corrected chi connectivity index (χ4v) is 4.12.